The minimum absolute atomic E-state index is 0.0691. The lowest BCUT2D eigenvalue weighted by Crippen LogP contribution is -2.35. The second-order valence-corrected chi connectivity index (χ2v) is 12.1. The molecule has 41 heavy (non-hydrogen) atoms. The van der Waals surface area contributed by atoms with Crippen LogP contribution in [0.3, 0.4) is 0 Å². The van der Waals surface area contributed by atoms with E-state index in [1.54, 1.807) is 24.4 Å². The van der Waals surface area contributed by atoms with E-state index in [9.17, 15) is 13.2 Å². The van der Waals surface area contributed by atoms with Gasteiger partial charge in [-0.15, -0.1) is 0 Å². The Kier molecular flexibility index (Phi) is 7.74. The molecule has 2 heterocycles. The highest BCUT2D eigenvalue weighted by atomic mass is 32.2. The maximum absolute atomic E-state index is 15.3. The number of halogens is 1. The minimum atomic E-state index is -3.66. The molecule has 1 aromatic heterocycles. The highest BCUT2D eigenvalue weighted by Crippen LogP contribution is 2.32. The highest BCUT2D eigenvalue weighted by molar-refractivity contribution is 7.89. The zero-order valence-corrected chi connectivity index (χ0v) is 23.8. The summed E-state index contributed by atoms with van der Waals surface area (Å²) in [4.78, 5) is 22.3. The van der Waals surface area contributed by atoms with Gasteiger partial charge in [0, 0.05) is 30.5 Å². The zero-order valence-electron chi connectivity index (χ0n) is 23.0. The number of rotatable bonds is 4. The average molecular weight is 575 g/mol. The first kappa shape index (κ1) is 28.2. The van der Waals surface area contributed by atoms with Crippen molar-refractivity contribution in [2.45, 2.75) is 37.5 Å². The number of hydrogen-bond acceptors (Lipinski definition) is 7. The molecule has 0 spiro atoms. The van der Waals surface area contributed by atoms with Crippen molar-refractivity contribution in [3.63, 3.8) is 0 Å². The summed E-state index contributed by atoms with van der Waals surface area (Å²) in [5.74, 6) is -0.211. The van der Waals surface area contributed by atoms with Crippen LogP contribution < -0.4 is 20.7 Å². The lowest BCUT2D eigenvalue weighted by Gasteiger charge is -2.26. The second kappa shape index (κ2) is 11.3. The first-order valence-electron chi connectivity index (χ1n) is 13.2. The molecule has 1 amide bonds. The normalized spacial score (nSPS) is 14.8. The van der Waals surface area contributed by atoms with Gasteiger partial charge in [0.1, 0.15) is 11.6 Å². The Morgan fingerprint density at radius 3 is 2.61 bits per heavy atom. The van der Waals surface area contributed by atoms with Crippen LogP contribution in [0.1, 0.15) is 31.4 Å². The number of fused-ring (bicyclic) bond motifs is 4. The quantitative estimate of drug-likeness (QED) is 0.259. The number of benzene rings is 3. The van der Waals surface area contributed by atoms with Crippen molar-refractivity contribution >= 4 is 39.1 Å². The van der Waals surface area contributed by atoms with Gasteiger partial charge in [0.25, 0.3) is 0 Å². The molecule has 5 rings (SSSR count). The number of aromatic nitrogens is 2. The molecule has 0 unspecified atom stereocenters. The summed E-state index contributed by atoms with van der Waals surface area (Å²) in [5, 5.41) is 8.99. The van der Waals surface area contributed by atoms with Gasteiger partial charge in [0.15, 0.2) is 0 Å². The molecule has 3 aromatic carbocycles. The molecule has 4 bridgehead atoms. The minimum Gasteiger partial charge on any atom is -0.369 e. The maximum Gasteiger partial charge on any atom is 0.240 e. The van der Waals surface area contributed by atoms with Gasteiger partial charge in [-0.1, -0.05) is 36.4 Å². The summed E-state index contributed by atoms with van der Waals surface area (Å²) >= 11 is 0. The van der Waals surface area contributed by atoms with E-state index in [-0.39, 0.29) is 29.0 Å². The number of carbonyl (C=O) groups is 1. The number of nitrogens with one attached hydrogen (secondary N) is 4. The fourth-order valence-electron chi connectivity index (χ4n) is 4.70. The first-order valence-corrected chi connectivity index (χ1v) is 14.7. The Hall–Kier alpha value is -4.35. The standard InChI is InChI=1S/C30H31FN6O3S/c1-19-8-4-5-11-24(19)30(2,3)28(38)36-26-13-12-20(16-25(26)31)23-18-33-29-35-21-9-6-10-22(17-21)41(39,40)34-15-7-14-32-27(23)37-29/h4-6,8-13,16-18,34H,7,14-15H2,1-3H3,(H,36,38)(H2,32,33,35,37). The molecule has 11 heteroatoms. The largest absolute Gasteiger partial charge is 0.369 e. The van der Waals surface area contributed by atoms with Crippen LogP contribution in [0.5, 0.6) is 0 Å². The number of amides is 1. The number of carbonyl (C=O) groups excluding carboxylic acids is 1. The molecular weight excluding hydrogens is 543 g/mol. The Morgan fingerprint density at radius 1 is 1.02 bits per heavy atom. The van der Waals surface area contributed by atoms with Crippen LogP contribution in [-0.4, -0.2) is 37.4 Å². The fraction of sp³-hybridized carbons (Fsp3) is 0.233. The van der Waals surface area contributed by atoms with Gasteiger partial charge in [-0.25, -0.2) is 22.5 Å². The van der Waals surface area contributed by atoms with E-state index in [1.165, 1.54) is 24.3 Å². The van der Waals surface area contributed by atoms with E-state index in [4.69, 9.17) is 0 Å². The first-order chi connectivity index (χ1) is 19.5. The van der Waals surface area contributed by atoms with Gasteiger partial charge in [-0.2, -0.15) is 4.98 Å². The fourth-order valence-corrected chi connectivity index (χ4v) is 5.82. The molecule has 9 nitrogen and oxygen atoms in total. The number of aryl methyl sites for hydroxylation is 1. The summed E-state index contributed by atoms with van der Waals surface area (Å²) in [6.07, 6.45) is 2.06. The monoisotopic (exact) mass is 574 g/mol. The molecule has 4 N–H and O–H groups in total. The average Bonchev–Trinajstić information content (AvgIpc) is 2.94. The number of hydrogen-bond donors (Lipinski definition) is 4. The van der Waals surface area contributed by atoms with Gasteiger partial charge >= 0.3 is 0 Å². The van der Waals surface area contributed by atoms with Crippen LogP contribution in [0.4, 0.5) is 27.5 Å². The van der Waals surface area contributed by atoms with E-state index in [0.717, 1.165) is 11.1 Å². The number of anilines is 4. The van der Waals surface area contributed by atoms with E-state index >= 15 is 4.39 Å². The van der Waals surface area contributed by atoms with Crippen molar-refractivity contribution in [2.75, 3.05) is 29.0 Å². The lowest BCUT2D eigenvalue weighted by atomic mass is 9.81. The molecule has 0 aliphatic carbocycles. The smallest absolute Gasteiger partial charge is 0.240 e. The predicted molar refractivity (Wildman–Crippen MR) is 158 cm³/mol. The molecule has 4 aromatic rings. The van der Waals surface area contributed by atoms with Crippen LogP contribution in [0.25, 0.3) is 11.1 Å². The van der Waals surface area contributed by atoms with Gasteiger partial charge in [0.05, 0.1) is 16.0 Å². The van der Waals surface area contributed by atoms with Gasteiger partial charge in [0.2, 0.25) is 21.9 Å². The van der Waals surface area contributed by atoms with Crippen LogP contribution in [-0.2, 0) is 20.2 Å². The molecular formula is C30H31FN6O3S. The summed E-state index contributed by atoms with van der Waals surface area (Å²) in [6.45, 7) is 6.20. The van der Waals surface area contributed by atoms with Gasteiger partial charge < -0.3 is 16.0 Å². The van der Waals surface area contributed by atoms with Gasteiger partial charge in [-0.3, -0.25) is 4.79 Å². The molecule has 0 saturated heterocycles. The Bertz CT molecular complexity index is 1730. The third kappa shape index (κ3) is 6.06. The van der Waals surface area contributed by atoms with Crippen LogP contribution in [0.15, 0.2) is 77.8 Å². The maximum atomic E-state index is 15.3. The third-order valence-corrected chi connectivity index (χ3v) is 8.50. The van der Waals surface area contributed by atoms with E-state index in [0.29, 0.717) is 35.6 Å². The topological polar surface area (TPSA) is 125 Å². The SMILES string of the molecule is Cc1ccccc1C(C)(C)C(=O)Nc1ccc(-c2cnc3nc2NCCCNS(=O)(=O)c2cccc(c2)N3)cc1F. The summed E-state index contributed by atoms with van der Waals surface area (Å²) in [5.41, 5.74) is 2.61. The summed E-state index contributed by atoms with van der Waals surface area (Å²) in [6, 6.07) is 18.6. The van der Waals surface area contributed by atoms with Crippen molar-refractivity contribution < 1.29 is 17.6 Å². The molecule has 0 atom stereocenters. The molecule has 0 fully saturated rings. The van der Waals surface area contributed by atoms with Crippen molar-refractivity contribution in [1.29, 1.82) is 0 Å². The van der Waals surface area contributed by atoms with Crippen LogP contribution in [0.2, 0.25) is 0 Å². The molecule has 0 saturated carbocycles. The number of sulfonamides is 1. The molecule has 212 valence electrons. The van der Waals surface area contributed by atoms with E-state index in [1.807, 2.05) is 45.0 Å². The van der Waals surface area contributed by atoms with Crippen molar-refractivity contribution in [1.82, 2.24) is 14.7 Å². The van der Waals surface area contributed by atoms with Crippen LogP contribution >= 0.6 is 0 Å². The van der Waals surface area contributed by atoms with Crippen molar-refractivity contribution in [2.24, 2.45) is 0 Å². The zero-order chi connectivity index (χ0) is 29.2. The van der Waals surface area contributed by atoms with Crippen LogP contribution in [0, 0.1) is 12.7 Å². The highest BCUT2D eigenvalue weighted by Gasteiger charge is 2.31. The molecule has 1 aliphatic heterocycles. The Balaban J connectivity index is 1.42. The Labute approximate surface area is 238 Å². The van der Waals surface area contributed by atoms with E-state index in [2.05, 4.69) is 30.6 Å². The van der Waals surface area contributed by atoms with Crippen molar-refractivity contribution in [3.05, 3.63) is 89.9 Å². The predicted octanol–water partition coefficient (Wildman–Crippen LogP) is 5.34. The lowest BCUT2D eigenvalue weighted by molar-refractivity contribution is -0.120. The summed E-state index contributed by atoms with van der Waals surface area (Å²) < 4.78 is 43.2. The van der Waals surface area contributed by atoms with E-state index < -0.39 is 21.3 Å². The molecule has 1 aliphatic rings. The van der Waals surface area contributed by atoms with Gasteiger partial charge in [-0.05, 0) is 74.2 Å². The Morgan fingerprint density at radius 2 is 1.83 bits per heavy atom. The second-order valence-electron chi connectivity index (χ2n) is 10.4. The third-order valence-electron chi connectivity index (χ3n) is 7.04. The van der Waals surface area contributed by atoms with Crippen molar-refractivity contribution in [3.8, 4) is 11.1 Å². The summed E-state index contributed by atoms with van der Waals surface area (Å²) in [7, 11) is -3.66. The molecule has 0 radical (unpaired) electrons. The number of nitrogens with zero attached hydrogens (tertiary/aromatic N) is 2.